The Morgan fingerprint density at radius 3 is 2.43 bits per heavy atom. The van der Waals surface area contributed by atoms with Gasteiger partial charge < -0.3 is 26.5 Å². The summed E-state index contributed by atoms with van der Waals surface area (Å²) in [6.45, 7) is 4.28. The number of aliphatic hydroxyl groups excluding tert-OH is 1. The van der Waals surface area contributed by atoms with E-state index in [0.29, 0.717) is 33.8 Å². The van der Waals surface area contributed by atoms with Gasteiger partial charge in [0.15, 0.2) is 12.1 Å². The first-order chi connectivity index (χ1) is 16.8. The maximum atomic E-state index is 13.0. The highest BCUT2D eigenvalue weighted by atomic mass is 16.3. The number of amides is 2. The van der Waals surface area contributed by atoms with Crippen LogP contribution in [0.15, 0.2) is 72.8 Å². The first-order valence-corrected chi connectivity index (χ1v) is 11.5. The van der Waals surface area contributed by atoms with Crippen molar-refractivity contribution in [1.29, 1.82) is 0 Å². The fourth-order valence-corrected chi connectivity index (χ4v) is 3.97. The molecule has 6 N–H and O–H groups in total. The summed E-state index contributed by atoms with van der Waals surface area (Å²) in [5.41, 5.74) is 9.67. The van der Waals surface area contributed by atoms with Gasteiger partial charge in [-0.3, -0.25) is 9.59 Å². The van der Waals surface area contributed by atoms with Crippen molar-refractivity contribution in [3.8, 4) is 0 Å². The molecule has 0 radical (unpaired) electrons. The molecule has 0 fully saturated rings. The molecule has 2 atom stereocenters. The third-order valence-electron chi connectivity index (χ3n) is 5.66. The number of aromatic nitrogens is 2. The lowest BCUT2D eigenvalue weighted by Crippen LogP contribution is -2.42. The Labute approximate surface area is 203 Å². The summed E-state index contributed by atoms with van der Waals surface area (Å²) < 4.78 is 0. The monoisotopic (exact) mass is 471 g/mol. The number of imidazole rings is 1. The molecular formula is C27H29N5O3. The standard InChI is InChI=1S/C27H29N5O3/c1-16(2)14-17-8-10-19(11-9-17)25(34)32-23(18-6-4-3-5-7-18)24(33)26(35)29-20-12-13-21-22(15-20)31-27(28)30-21/h3-13,15-16,23-24,33H,14H2,1-2H3,(H,29,35)(H,32,34)(H3,28,30,31). The lowest BCUT2D eigenvalue weighted by molar-refractivity contribution is -0.125. The minimum absolute atomic E-state index is 0.271. The number of nitrogens with one attached hydrogen (secondary N) is 3. The molecule has 2 unspecified atom stereocenters. The minimum Gasteiger partial charge on any atom is -0.381 e. The first kappa shape index (κ1) is 24.0. The largest absolute Gasteiger partial charge is 0.381 e. The number of rotatable bonds is 8. The van der Waals surface area contributed by atoms with Crippen LogP contribution < -0.4 is 16.4 Å². The van der Waals surface area contributed by atoms with Crippen molar-refractivity contribution in [3.63, 3.8) is 0 Å². The highest BCUT2D eigenvalue weighted by Gasteiger charge is 2.29. The average Bonchev–Trinajstić information content (AvgIpc) is 3.22. The maximum Gasteiger partial charge on any atom is 0.255 e. The molecule has 0 aliphatic rings. The smallest absolute Gasteiger partial charge is 0.255 e. The summed E-state index contributed by atoms with van der Waals surface area (Å²) in [6, 6.07) is 20.4. The maximum absolute atomic E-state index is 13.0. The van der Waals surface area contributed by atoms with Crippen molar-refractivity contribution in [2.24, 2.45) is 5.92 Å². The van der Waals surface area contributed by atoms with E-state index in [9.17, 15) is 14.7 Å². The molecule has 0 saturated heterocycles. The lowest BCUT2D eigenvalue weighted by Gasteiger charge is -2.24. The third kappa shape index (κ3) is 5.85. The molecule has 8 heteroatoms. The van der Waals surface area contributed by atoms with Gasteiger partial charge in [-0.2, -0.15) is 0 Å². The molecule has 2 amide bonds. The van der Waals surface area contributed by atoms with E-state index in [1.807, 2.05) is 18.2 Å². The van der Waals surface area contributed by atoms with Gasteiger partial charge in [-0.15, -0.1) is 0 Å². The van der Waals surface area contributed by atoms with Crippen molar-refractivity contribution in [1.82, 2.24) is 15.3 Å². The van der Waals surface area contributed by atoms with Gasteiger partial charge in [0, 0.05) is 11.3 Å². The molecule has 4 aromatic rings. The summed E-state index contributed by atoms with van der Waals surface area (Å²) in [5, 5.41) is 16.5. The van der Waals surface area contributed by atoms with E-state index < -0.39 is 18.1 Å². The zero-order valence-corrected chi connectivity index (χ0v) is 19.7. The fourth-order valence-electron chi connectivity index (χ4n) is 3.97. The van der Waals surface area contributed by atoms with E-state index >= 15 is 0 Å². The summed E-state index contributed by atoms with van der Waals surface area (Å²) in [4.78, 5) is 33.0. The summed E-state index contributed by atoms with van der Waals surface area (Å²) in [7, 11) is 0. The predicted octanol–water partition coefficient (Wildman–Crippen LogP) is 3.81. The molecule has 180 valence electrons. The van der Waals surface area contributed by atoms with E-state index in [4.69, 9.17) is 5.73 Å². The second-order valence-corrected chi connectivity index (χ2v) is 8.94. The number of anilines is 2. The summed E-state index contributed by atoms with van der Waals surface area (Å²) >= 11 is 0. The number of carbonyl (C=O) groups excluding carboxylic acids is 2. The van der Waals surface area contributed by atoms with Gasteiger partial charge in [-0.1, -0.05) is 56.3 Å². The molecule has 0 aliphatic carbocycles. The number of fused-ring (bicyclic) bond motifs is 1. The molecule has 0 saturated carbocycles. The number of aliphatic hydroxyl groups is 1. The molecule has 1 aromatic heterocycles. The van der Waals surface area contributed by atoms with Gasteiger partial charge in [0.1, 0.15) is 0 Å². The number of nitrogens with two attached hydrogens (primary N) is 1. The van der Waals surface area contributed by atoms with Gasteiger partial charge >= 0.3 is 0 Å². The SMILES string of the molecule is CC(C)Cc1ccc(C(=O)NC(c2ccccc2)C(O)C(=O)Nc2ccc3nc(N)[nH]c3c2)cc1. The Kier molecular flexibility index (Phi) is 7.12. The zero-order chi connectivity index (χ0) is 24.9. The number of aromatic amines is 1. The van der Waals surface area contributed by atoms with Gasteiger partial charge in [0.05, 0.1) is 17.1 Å². The van der Waals surface area contributed by atoms with E-state index in [-0.39, 0.29) is 11.9 Å². The number of carbonyl (C=O) groups is 2. The highest BCUT2D eigenvalue weighted by Crippen LogP contribution is 2.22. The lowest BCUT2D eigenvalue weighted by atomic mass is 9.99. The van der Waals surface area contributed by atoms with Crippen LogP contribution in [0.1, 0.15) is 41.4 Å². The van der Waals surface area contributed by atoms with Gasteiger partial charge in [-0.25, -0.2) is 4.98 Å². The Balaban J connectivity index is 1.52. The van der Waals surface area contributed by atoms with E-state index in [2.05, 4.69) is 34.4 Å². The molecule has 0 spiro atoms. The van der Waals surface area contributed by atoms with Crippen LogP contribution >= 0.6 is 0 Å². The van der Waals surface area contributed by atoms with Crippen LogP contribution in [0.4, 0.5) is 11.6 Å². The van der Waals surface area contributed by atoms with E-state index in [1.54, 1.807) is 54.6 Å². The summed E-state index contributed by atoms with van der Waals surface area (Å²) in [6.07, 6.45) is -0.617. The van der Waals surface area contributed by atoms with Gasteiger partial charge in [0.25, 0.3) is 11.8 Å². The first-order valence-electron chi connectivity index (χ1n) is 11.5. The molecule has 8 nitrogen and oxygen atoms in total. The Morgan fingerprint density at radius 2 is 1.74 bits per heavy atom. The van der Waals surface area contributed by atoms with Crippen LogP contribution in [0.2, 0.25) is 0 Å². The quantitative estimate of drug-likeness (QED) is 0.266. The number of hydrogen-bond donors (Lipinski definition) is 5. The number of benzene rings is 3. The molecule has 4 rings (SSSR count). The van der Waals surface area contributed by atoms with Crippen LogP contribution in [0.25, 0.3) is 11.0 Å². The van der Waals surface area contributed by atoms with Gasteiger partial charge in [0.2, 0.25) is 0 Å². The predicted molar refractivity (Wildman–Crippen MR) is 137 cm³/mol. The van der Waals surface area contributed by atoms with Crippen LogP contribution in [-0.4, -0.2) is 33.0 Å². The van der Waals surface area contributed by atoms with E-state index in [1.165, 1.54) is 0 Å². The van der Waals surface area contributed by atoms with Crippen molar-refractivity contribution < 1.29 is 14.7 Å². The van der Waals surface area contributed by atoms with Crippen LogP contribution in [-0.2, 0) is 11.2 Å². The zero-order valence-electron chi connectivity index (χ0n) is 19.7. The minimum atomic E-state index is -1.54. The van der Waals surface area contributed by atoms with E-state index in [0.717, 1.165) is 12.0 Å². The van der Waals surface area contributed by atoms with Crippen LogP contribution in [0, 0.1) is 5.92 Å². The average molecular weight is 472 g/mol. The van der Waals surface area contributed by atoms with Crippen molar-refractivity contribution in [3.05, 3.63) is 89.5 Å². The Morgan fingerprint density at radius 1 is 1.03 bits per heavy atom. The normalized spacial score (nSPS) is 12.9. The second kappa shape index (κ2) is 10.4. The third-order valence-corrected chi connectivity index (χ3v) is 5.66. The number of H-pyrrole nitrogens is 1. The van der Waals surface area contributed by atoms with Crippen LogP contribution in [0.5, 0.6) is 0 Å². The Bertz CT molecular complexity index is 1320. The fraction of sp³-hybridized carbons (Fsp3) is 0.222. The molecule has 1 heterocycles. The number of nitrogens with zero attached hydrogens (tertiary/aromatic N) is 1. The topological polar surface area (TPSA) is 133 Å². The molecule has 3 aromatic carbocycles. The van der Waals surface area contributed by atoms with Crippen molar-refractivity contribution in [2.45, 2.75) is 32.4 Å². The summed E-state index contributed by atoms with van der Waals surface area (Å²) in [5.74, 6) is -0.251. The highest BCUT2D eigenvalue weighted by molar-refractivity contribution is 5.98. The number of hydrogen-bond acceptors (Lipinski definition) is 5. The molecule has 0 bridgehead atoms. The van der Waals surface area contributed by atoms with Crippen molar-refractivity contribution in [2.75, 3.05) is 11.1 Å². The van der Waals surface area contributed by atoms with Gasteiger partial charge in [-0.05, 0) is 53.8 Å². The van der Waals surface area contributed by atoms with Crippen molar-refractivity contribution >= 4 is 34.5 Å². The number of nitrogen functional groups attached to an aromatic ring is 1. The molecular weight excluding hydrogens is 442 g/mol. The van der Waals surface area contributed by atoms with Crippen LogP contribution in [0.3, 0.4) is 0 Å². The Hall–Kier alpha value is -4.17. The molecule has 35 heavy (non-hydrogen) atoms. The molecule has 0 aliphatic heterocycles. The second-order valence-electron chi connectivity index (χ2n) is 8.94.